The average molecular weight is 465 g/mol. The van der Waals surface area contributed by atoms with E-state index in [-0.39, 0.29) is 30.1 Å². The summed E-state index contributed by atoms with van der Waals surface area (Å²) in [6, 6.07) is 18.7. The second-order valence-electron chi connectivity index (χ2n) is 6.50. The quantitative estimate of drug-likeness (QED) is 0.417. The van der Waals surface area contributed by atoms with Crippen molar-refractivity contribution in [1.29, 1.82) is 0 Å². The van der Waals surface area contributed by atoms with E-state index in [1.165, 1.54) is 11.1 Å². The summed E-state index contributed by atoms with van der Waals surface area (Å²) in [6.45, 7) is 4.83. The molecule has 0 bridgehead atoms. The minimum absolute atomic E-state index is 0. The average Bonchev–Trinajstić information content (AvgIpc) is 2.66. The fourth-order valence-electron chi connectivity index (χ4n) is 3.10. The number of piperidine rings is 1. The molecule has 140 valence electrons. The summed E-state index contributed by atoms with van der Waals surface area (Å²) in [7, 11) is 1.85. The van der Waals surface area contributed by atoms with E-state index in [9.17, 15) is 0 Å². The maximum Gasteiger partial charge on any atom is 0.193 e. The minimum atomic E-state index is 0. The van der Waals surface area contributed by atoms with Crippen LogP contribution in [0, 0.1) is 6.92 Å². The maximum atomic E-state index is 6.07. The fraction of sp³-hybridized carbons (Fsp3) is 0.381. The molecule has 26 heavy (non-hydrogen) atoms. The van der Waals surface area contributed by atoms with Gasteiger partial charge in [-0.3, -0.25) is 4.99 Å². The summed E-state index contributed by atoms with van der Waals surface area (Å²) in [5.74, 6) is 1.93. The van der Waals surface area contributed by atoms with Gasteiger partial charge in [-0.25, -0.2) is 0 Å². The van der Waals surface area contributed by atoms with Crippen molar-refractivity contribution >= 4 is 29.9 Å². The van der Waals surface area contributed by atoms with Crippen LogP contribution in [0.3, 0.4) is 0 Å². The van der Waals surface area contributed by atoms with Crippen LogP contribution in [0.2, 0.25) is 0 Å². The predicted octanol–water partition coefficient (Wildman–Crippen LogP) is 4.23. The molecule has 5 heteroatoms. The molecule has 2 aromatic carbocycles. The molecular formula is C21H28IN3O. The van der Waals surface area contributed by atoms with E-state index in [2.05, 4.69) is 46.4 Å². The molecule has 0 aromatic heterocycles. The number of ether oxygens (including phenoxy) is 1. The summed E-state index contributed by atoms with van der Waals surface area (Å²) in [6.07, 6.45) is 2.31. The van der Waals surface area contributed by atoms with Gasteiger partial charge in [-0.1, -0.05) is 48.0 Å². The number of hydrogen-bond acceptors (Lipinski definition) is 2. The zero-order valence-electron chi connectivity index (χ0n) is 15.5. The van der Waals surface area contributed by atoms with Gasteiger partial charge in [-0.15, -0.1) is 24.0 Å². The summed E-state index contributed by atoms with van der Waals surface area (Å²) in [5, 5.41) is 3.47. The molecule has 1 aliphatic rings. The molecular weight excluding hydrogens is 437 g/mol. The summed E-state index contributed by atoms with van der Waals surface area (Å²) < 4.78 is 6.07. The monoisotopic (exact) mass is 465 g/mol. The molecule has 3 rings (SSSR count). The van der Waals surface area contributed by atoms with Gasteiger partial charge in [0, 0.05) is 39.5 Å². The number of aryl methyl sites for hydroxylation is 1. The van der Waals surface area contributed by atoms with Gasteiger partial charge in [0.15, 0.2) is 5.96 Å². The lowest BCUT2D eigenvalue weighted by atomic mass is 10.1. The van der Waals surface area contributed by atoms with E-state index < -0.39 is 0 Å². The molecule has 0 atom stereocenters. The predicted molar refractivity (Wildman–Crippen MR) is 118 cm³/mol. The number of para-hydroxylation sites is 1. The minimum Gasteiger partial charge on any atom is -0.490 e. The van der Waals surface area contributed by atoms with Gasteiger partial charge in [-0.05, 0) is 24.6 Å². The number of rotatable bonds is 4. The first-order chi connectivity index (χ1) is 12.2. The van der Waals surface area contributed by atoms with Gasteiger partial charge in [0.05, 0.1) is 0 Å². The van der Waals surface area contributed by atoms with Crippen LogP contribution in [0.15, 0.2) is 59.6 Å². The highest BCUT2D eigenvalue weighted by Gasteiger charge is 2.22. The molecule has 1 heterocycles. The highest BCUT2D eigenvalue weighted by atomic mass is 127. The summed E-state index contributed by atoms with van der Waals surface area (Å²) in [5.41, 5.74) is 2.56. The first kappa shape index (κ1) is 20.6. The van der Waals surface area contributed by atoms with E-state index in [0.717, 1.165) is 44.2 Å². The van der Waals surface area contributed by atoms with Crippen LogP contribution >= 0.6 is 24.0 Å². The van der Waals surface area contributed by atoms with Crippen molar-refractivity contribution in [1.82, 2.24) is 10.2 Å². The van der Waals surface area contributed by atoms with Crippen molar-refractivity contribution < 1.29 is 4.74 Å². The molecule has 1 fully saturated rings. The first-order valence-corrected chi connectivity index (χ1v) is 8.97. The van der Waals surface area contributed by atoms with Crippen molar-refractivity contribution in [2.45, 2.75) is 32.4 Å². The fourth-order valence-corrected chi connectivity index (χ4v) is 3.10. The van der Waals surface area contributed by atoms with Crippen molar-refractivity contribution in [3.63, 3.8) is 0 Å². The third-order valence-electron chi connectivity index (χ3n) is 4.57. The van der Waals surface area contributed by atoms with E-state index in [4.69, 9.17) is 4.74 Å². The molecule has 1 aliphatic heterocycles. The van der Waals surface area contributed by atoms with Gasteiger partial charge in [0.25, 0.3) is 0 Å². The Morgan fingerprint density at radius 3 is 2.35 bits per heavy atom. The smallest absolute Gasteiger partial charge is 0.193 e. The topological polar surface area (TPSA) is 36.9 Å². The van der Waals surface area contributed by atoms with Gasteiger partial charge < -0.3 is 15.0 Å². The Kier molecular flexibility index (Phi) is 8.22. The molecule has 0 radical (unpaired) electrons. The zero-order chi connectivity index (χ0) is 17.5. The number of guanidine groups is 1. The standard InChI is InChI=1S/C21H27N3O.HI/c1-17-8-10-18(11-9-17)16-23-21(22-2)24-14-12-20(13-15-24)25-19-6-4-3-5-7-19;/h3-11,20H,12-16H2,1-2H3,(H,22,23);1H. The molecule has 1 saturated heterocycles. The maximum absolute atomic E-state index is 6.07. The molecule has 0 amide bonds. The van der Waals surface area contributed by atoms with Crippen molar-refractivity contribution in [2.24, 2.45) is 4.99 Å². The van der Waals surface area contributed by atoms with E-state index >= 15 is 0 Å². The van der Waals surface area contributed by atoms with Gasteiger partial charge in [-0.2, -0.15) is 0 Å². The van der Waals surface area contributed by atoms with E-state index in [0.29, 0.717) is 0 Å². The van der Waals surface area contributed by atoms with Crippen LogP contribution in [0.4, 0.5) is 0 Å². The normalized spacial score (nSPS) is 15.3. The SMILES string of the molecule is CN=C(NCc1ccc(C)cc1)N1CCC(Oc2ccccc2)CC1.I. The van der Waals surface area contributed by atoms with Crippen LogP contribution in [0.1, 0.15) is 24.0 Å². The van der Waals surface area contributed by atoms with Crippen molar-refractivity contribution in [3.8, 4) is 5.75 Å². The lowest BCUT2D eigenvalue weighted by molar-refractivity contribution is 0.129. The number of benzene rings is 2. The summed E-state index contributed by atoms with van der Waals surface area (Å²) >= 11 is 0. The van der Waals surface area contributed by atoms with Gasteiger partial charge in [0.2, 0.25) is 0 Å². The Morgan fingerprint density at radius 1 is 1.08 bits per heavy atom. The number of halogens is 1. The molecule has 0 saturated carbocycles. The second-order valence-corrected chi connectivity index (χ2v) is 6.50. The van der Waals surface area contributed by atoms with Crippen molar-refractivity contribution in [3.05, 3.63) is 65.7 Å². The Bertz CT molecular complexity index is 680. The Hall–Kier alpha value is -1.76. The van der Waals surface area contributed by atoms with Crippen LogP contribution in [-0.2, 0) is 6.54 Å². The second kappa shape index (κ2) is 10.4. The van der Waals surface area contributed by atoms with Gasteiger partial charge in [0.1, 0.15) is 11.9 Å². The van der Waals surface area contributed by atoms with Gasteiger partial charge >= 0.3 is 0 Å². The number of nitrogens with zero attached hydrogens (tertiary/aromatic N) is 2. The molecule has 2 aromatic rings. The van der Waals surface area contributed by atoms with Crippen LogP contribution in [0.25, 0.3) is 0 Å². The number of nitrogens with one attached hydrogen (secondary N) is 1. The first-order valence-electron chi connectivity index (χ1n) is 8.97. The highest BCUT2D eigenvalue weighted by molar-refractivity contribution is 14.0. The molecule has 0 unspecified atom stereocenters. The largest absolute Gasteiger partial charge is 0.490 e. The summed E-state index contributed by atoms with van der Waals surface area (Å²) in [4.78, 5) is 6.76. The Labute approximate surface area is 173 Å². The zero-order valence-corrected chi connectivity index (χ0v) is 17.9. The number of likely N-dealkylation sites (tertiary alicyclic amines) is 1. The number of hydrogen-bond donors (Lipinski definition) is 1. The molecule has 0 aliphatic carbocycles. The molecule has 4 nitrogen and oxygen atoms in total. The number of aliphatic imine (C=N–C) groups is 1. The third kappa shape index (κ3) is 5.90. The highest BCUT2D eigenvalue weighted by Crippen LogP contribution is 2.18. The van der Waals surface area contributed by atoms with Crippen LogP contribution in [0.5, 0.6) is 5.75 Å². The van der Waals surface area contributed by atoms with E-state index in [1.54, 1.807) is 0 Å². The molecule has 0 spiro atoms. The lowest BCUT2D eigenvalue weighted by Gasteiger charge is -2.34. The van der Waals surface area contributed by atoms with Crippen LogP contribution < -0.4 is 10.1 Å². The van der Waals surface area contributed by atoms with Crippen LogP contribution in [-0.4, -0.2) is 37.1 Å². The van der Waals surface area contributed by atoms with E-state index in [1.807, 2.05) is 37.4 Å². The van der Waals surface area contributed by atoms with Crippen molar-refractivity contribution in [2.75, 3.05) is 20.1 Å². The lowest BCUT2D eigenvalue weighted by Crippen LogP contribution is -2.47. The molecule has 1 N–H and O–H groups in total. The third-order valence-corrected chi connectivity index (χ3v) is 4.57. The Balaban J connectivity index is 0.00000243. The Morgan fingerprint density at radius 2 is 1.73 bits per heavy atom.